The number of nitrogens with zero attached hydrogens (tertiary/aromatic N) is 2. The Kier molecular flexibility index (Phi) is 6.42. The molecule has 0 fully saturated rings. The van der Waals surface area contributed by atoms with E-state index < -0.39 is 39.7 Å². The van der Waals surface area contributed by atoms with Gasteiger partial charge in [0.05, 0.1) is 17.7 Å². The summed E-state index contributed by atoms with van der Waals surface area (Å²) in [5.41, 5.74) is 1.39. The van der Waals surface area contributed by atoms with Gasteiger partial charge < -0.3 is 4.74 Å². The maximum Gasteiger partial charge on any atom is 0.267 e. The molecule has 0 radical (unpaired) electrons. The van der Waals surface area contributed by atoms with E-state index in [0.29, 0.717) is 0 Å². The maximum atomic E-state index is 14.5. The lowest BCUT2D eigenvalue weighted by molar-refractivity contribution is -0.122. The summed E-state index contributed by atoms with van der Waals surface area (Å²) in [5.74, 6) is -2.26. The zero-order valence-corrected chi connectivity index (χ0v) is 16.8. The summed E-state index contributed by atoms with van der Waals surface area (Å²) in [6.07, 6.45) is 0. The highest BCUT2D eigenvalue weighted by atomic mass is 32.2. The number of carbonyl (C=O) groups excluding carboxylic acids is 1. The average molecular weight is 450 g/mol. The van der Waals surface area contributed by atoms with Crippen LogP contribution in [0.4, 0.5) is 8.78 Å². The molecule has 0 bridgehead atoms. The van der Waals surface area contributed by atoms with Gasteiger partial charge in [0.25, 0.3) is 21.5 Å². The lowest BCUT2D eigenvalue weighted by Crippen LogP contribution is -2.44. The van der Waals surface area contributed by atoms with Gasteiger partial charge in [-0.05, 0) is 42.5 Å². The Bertz CT molecular complexity index is 1280. The first-order valence-corrected chi connectivity index (χ1v) is 10.2. The van der Waals surface area contributed by atoms with Crippen molar-refractivity contribution in [1.29, 1.82) is 0 Å². The summed E-state index contributed by atoms with van der Waals surface area (Å²) in [6.45, 7) is -0.649. The molecule has 1 heterocycles. The topological polar surface area (TPSA) is 119 Å². The van der Waals surface area contributed by atoms with Gasteiger partial charge in [-0.15, -0.1) is 4.83 Å². The molecule has 3 aromatic rings. The molecule has 31 heavy (non-hydrogen) atoms. The molecule has 12 heteroatoms. The number of benzene rings is 2. The van der Waals surface area contributed by atoms with Gasteiger partial charge in [0.2, 0.25) is 0 Å². The number of hydrogen-bond acceptors (Lipinski definition) is 6. The van der Waals surface area contributed by atoms with Crippen LogP contribution in [0.25, 0.3) is 11.3 Å². The number of hydrogen-bond donors (Lipinski definition) is 2. The predicted molar refractivity (Wildman–Crippen MR) is 105 cm³/mol. The fraction of sp³-hybridized carbons (Fsp3) is 0.105. The van der Waals surface area contributed by atoms with Crippen molar-refractivity contribution in [3.63, 3.8) is 0 Å². The minimum Gasteiger partial charge on any atom is -0.494 e. The Hall–Kier alpha value is -3.64. The Morgan fingerprint density at radius 1 is 1.10 bits per heavy atom. The zero-order valence-electron chi connectivity index (χ0n) is 16.0. The van der Waals surface area contributed by atoms with Crippen LogP contribution in [0.15, 0.2) is 64.3 Å². The minimum absolute atomic E-state index is 0.0232. The Balaban J connectivity index is 1.75. The minimum atomic E-state index is -4.16. The van der Waals surface area contributed by atoms with Gasteiger partial charge >= 0.3 is 0 Å². The third kappa shape index (κ3) is 5.10. The Labute approximate surface area is 175 Å². The van der Waals surface area contributed by atoms with Crippen LogP contribution in [0, 0.1) is 11.6 Å². The van der Waals surface area contributed by atoms with E-state index in [1.54, 1.807) is 0 Å². The molecule has 0 unspecified atom stereocenters. The molecule has 0 saturated carbocycles. The molecule has 1 aromatic heterocycles. The van der Waals surface area contributed by atoms with E-state index in [1.165, 1.54) is 31.4 Å². The van der Waals surface area contributed by atoms with Gasteiger partial charge in [0.1, 0.15) is 12.4 Å². The van der Waals surface area contributed by atoms with Crippen molar-refractivity contribution in [3.8, 4) is 17.0 Å². The lowest BCUT2D eigenvalue weighted by Gasteiger charge is -2.11. The molecular formula is C19H16F2N4O5S. The summed E-state index contributed by atoms with van der Waals surface area (Å²) in [5, 5.41) is 3.96. The molecule has 1 amide bonds. The number of aromatic nitrogens is 2. The summed E-state index contributed by atoms with van der Waals surface area (Å²) in [4.78, 5) is 25.7. The van der Waals surface area contributed by atoms with Crippen LogP contribution < -0.4 is 20.6 Å². The smallest absolute Gasteiger partial charge is 0.267 e. The summed E-state index contributed by atoms with van der Waals surface area (Å²) < 4.78 is 57.3. The second-order valence-electron chi connectivity index (χ2n) is 6.14. The normalized spacial score (nSPS) is 11.2. The van der Waals surface area contributed by atoms with Crippen molar-refractivity contribution < 1.29 is 26.7 Å². The number of rotatable bonds is 7. The molecule has 9 nitrogen and oxygen atoms in total. The molecule has 162 valence electrons. The highest BCUT2D eigenvalue weighted by Crippen LogP contribution is 2.26. The van der Waals surface area contributed by atoms with Crippen LogP contribution in [0.5, 0.6) is 5.75 Å². The second kappa shape index (κ2) is 9.02. The van der Waals surface area contributed by atoms with Crippen LogP contribution in [0.1, 0.15) is 0 Å². The van der Waals surface area contributed by atoms with Crippen molar-refractivity contribution in [1.82, 2.24) is 20.0 Å². The molecule has 0 aliphatic carbocycles. The fourth-order valence-electron chi connectivity index (χ4n) is 2.54. The lowest BCUT2D eigenvalue weighted by atomic mass is 10.1. The zero-order chi connectivity index (χ0) is 22.6. The van der Waals surface area contributed by atoms with Crippen molar-refractivity contribution in [2.45, 2.75) is 11.4 Å². The molecule has 0 spiro atoms. The first kappa shape index (κ1) is 22.1. The van der Waals surface area contributed by atoms with Crippen molar-refractivity contribution in [2.24, 2.45) is 0 Å². The van der Waals surface area contributed by atoms with Crippen molar-refractivity contribution in [3.05, 3.63) is 76.6 Å². The van der Waals surface area contributed by atoms with Crippen LogP contribution in [-0.4, -0.2) is 31.2 Å². The second-order valence-corrected chi connectivity index (χ2v) is 7.83. The van der Waals surface area contributed by atoms with Crippen LogP contribution in [0.3, 0.4) is 0 Å². The number of halogens is 2. The number of carbonyl (C=O) groups is 1. The van der Waals surface area contributed by atoms with E-state index in [2.05, 4.69) is 5.10 Å². The van der Waals surface area contributed by atoms with Crippen molar-refractivity contribution >= 4 is 15.9 Å². The number of amides is 1. The number of sulfonamides is 1. The summed E-state index contributed by atoms with van der Waals surface area (Å²) in [7, 11) is -2.86. The monoisotopic (exact) mass is 450 g/mol. The van der Waals surface area contributed by atoms with Crippen LogP contribution >= 0.6 is 0 Å². The van der Waals surface area contributed by atoms with Crippen LogP contribution in [0.2, 0.25) is 0 Å². The number of methoxy groups -OCH3 is 1. The maximum absolute atomic E-state index is 14.5. The average Bonchev–Trinajstić information content (AvgIpc) is 2.74. The van der Waals surface area contributed by atoms with Gasteiger partial charge in [-0.2, -0.15) is 5.10 Å². The van der Waals surface area contributed by atoms with E-state index in [1.807, 2.05) is 10.3 Å². The largest absolute Gasteiger partial charge is 0.494 e. The van der Waals surface area contributed by atoms with Crippen molar-refractivity contribution in [2.75, 3.05) is 7.11 Å². The van der Waals surface area contributed by atoms with E-state index in [9.17, 15) is 26.8 Å². The van der Waals surface area contributed by atoms with Gasteiger partial charge in [-0.25, -0.2) is 21.9 Å². The van der Waals surface area contributed by atoms with E-state index in [0.717, 1.165) is 35.0 Å². The highest BCUT2D eigenvalue weighted by molar-refractivity contribution is 7.89. The predicted octanol–water partition coefficient (Wildman–Crippen LogP) is 1.21. The number of hydrazine groups is 1. The SMILES string of the molecule is COc1cccc(-c2ccc(=O)n(CC(=O)NNS(=O)(=O)c3ccc(F)cc3)n2)c1F. The quantitative estimate of drug-likeness (QED) is 0.522. The first-order chi connectivity index (χ1) is 14.7. The number of ether oxygens (including phenoxy) is 1. The fourth-order valence-corrected chi connectivity index (χ4v) is 3.40. The molecule has 0 aliphatic rings. The molecular weight excluding hydrogens is 434 g/mol. The summed E-state index contributed by atoms with van der Waals surface area (Å²) >= 11 is 0. The van der Waals surface area contributed by atoms with Gasteiger partial charge in [-0.1, -0.05) is 6.07 Å². The van der Waals surface area contributed by atoms with Gasteiger partial charge in [0.15, 0.2) is 11.6 Å². The Morgan fingerprint density at radius 3 is 2.48 bits per heavy atom. The molecule has 2 N–H and O–H groups in total. The van der Waals surface area contributed by atoms with Crippen LogP contribution in [-0.2, 0) is 21.4 Å². The first-order valence-electron chi connectivity index (χ1n) is 8.68. The molecule has 0 aliphatic heterocycles. The van der Waals surface area contributed by atoms with E-state index in [-0.39, 0.29) is 21.9 Å². The third-order valence-electron chi connectivity index (χ3n) is 4.07. The highest BCUT2D eigenvalue weighted by Gasteiger charge is 2.17. The molecule has 3 rings (SSSR count). The molecule has 2 aromatic carbocycles. The van der Waals surface area contributed by atoms with E-state index >= 15 is 0 Å². The molecule has 0 saturated heterocycles. The number of nitrogens with one attached hydrogen (secondary N) is 2. The standard InChI is InChI=1S/C19H16F2N4O5S/c1-30-16-4-2-3-14(19(16)21)15-9-10-18(27)25(23-15)11-17(26)22-24-31(28,29)13-7-5-12(20)6-8-13/h2-10,24H,11H2,1H3,(H,22,26). The third-order valence-corrected chi connectivity index (χ3v) is 5.33. The van der Waals surface area contributed by atoms with Gasteiger partial charge in [-0.3, -0.25) is 15.0 Å². The Morgan fingerprint density at radius 2 is 1.81 bits per heavy atom. The van der Waals surface area contributed by atoms with Gasteiger partial charge in [0, 0.05) is 11.6 Å². The summed E-state index contributed by atoms with van der Waals surface area (Å²) in [6, 6.07) is 10.7. The molecule has 0 atom stereocenters. The van der Waals surface area contributed by atoms with E-state index in [4.69, 9.17) is 4.74 Å².